The monoisotopic (exact) mass is 350 g/mol. The van der Waals surface area contributed by atoms with E-state index >= 15 is 0 Å². The van der Waals surface area contributed by atoms with Crippen LogP contribution in [-0.2, 0) is 0 Å². The molecule has 1 N–H and O–H groups in total. The Morgan fingerprint density at radius 2 is 1.77 bits per heavy atom. The molecule has 138 valence electrons. The van der Waals surface area contributed by atoms with E-state index < -0.39 is 0 Å². The number of amides is 1. The quantitative estimate of drug-likeness (QED) is 0.732. The van der Waals surface area contributed by atoms with E-state index in [1.54, 1.807) is 0 Å². The Morgan fingerprint density at radius 3 is 2.50 bits per heavy atom. The molecule has 1 unspecified atom stereocenters. The summed E-state index contributed by atoms with van der Waals surface area (Å²) < 4.78 is 0. The number of benzene rings is 2. The summed E-state index contributed by atoms with van der Waals surface area (Å²) in [5.74, 6) is 0.0234. The lowest BCUT2D eigenvalue weighted by molar-refractivity contribution is 0.0947. The maximum absolute atomic E-state index is 12.3. The summed E-state index contributed by atoms with van der Waals surface area (Å²) in [6.07, 6.45) is 6.27. The van der Waals surface area contributed by atoms with E-state index in [0.717, 1.165) is 36.7 Å². The Hall–Kier alpha value is -2.13. The summed E-state index contributed by atoms with van der Waals surface area (Å²) in [4.78, 5) is 14.9. The molecule has 1 saturated heterocycles. The van der Waals surface area contributed by atoms with Gasteiger partial charge in [-0.3, -0.25) is 4.79 Å². The SMILES string of the molecule is CCC1CCCCN1CCCNC(=O)c1ccc(-c2ccccc2)cc1. The molecule has 1 fully saturated rings. The normalized spacial score (nSPS) is 17.8. The third-order valence-electron chi connectivity index (χ3n) is 5.38. The largest absolute Gasteiger partial charge is 0.352 e. The molecule has 0 bridgehead atoms. The summed E-state index contributed by atoms with van der Waals surface area (Å²) in [5.41, 5.74) is 3.04. The van der Waals surface area contributed by atoms with E-state index in [2.05, 4.69) is 29.3 Å². The number of piperidine rings is 1. The van der Waals surface area contributed by atoms with Crippen LogP contribution >= 0.6 is 0 Å². The Morgan fingerprint density at radius 1 is 1.04 bits per heavy atom. The van der Waals surface area contributed by atoms with Crippen molar-refractivity contribution in [2.45, 2.75) is 45.1 Å². The van der Waals surface area contributed by atoms with Crippen LogP contribution in [0.4, 0.5) is 0 Å². The fourth-order valence-corrected chi connectivity index (χ4v) is 3.85. The first-order chi connectivity index (χ1) is 12.8. The van der Waals surface area contributed by atoms with E-state index in [1.807, 2.05) is 42.5 Å². The Labute approximate surface area is 157 Å². The molecule has 0 spiro atoms. The van der Waals surface area contributed by atoms with Gasteiger partial charge in [0, 0.05) is 24.7 Å². The van der Waals surface area contributed by atoms with Gasteiger partial charge in [-0.1, -0.05) is 55.8 Å². The number of nitrogens with one attached hydrogen (secondary N) is 1. The lowest BCUT2D eigenvalue weighted by Gasteiger charge is -2.35. The summed E-state index contributed by atoms with van der Waals surface area (Å²) >= 11 is 0. The van der Waals surface area contributed by atoms with Crippen molar-refractivity contribution < 1.29 is 4.79 Å². The van der Waals surface area contributed by atoms with E-state index in [-0.39, 0.29) is 5.91 Å². The highest BCUT2D eigenvalue weighted by Crippen LogP contribution is 2.20. The van der Waals surface area contributed by atoms with E-state index in [0.29, 0.717) is 0 Å². The lowest BCUT2D eigenvalue weighted by atomic mass is 10.00. The fourth-order valence-electron chi connectivity index (χ4n) is 3.85. The van der Waals surface area contributed by atoms with Crippen LogP contribution in [0.15, 0.2) is 54.6 Å². The third kappa shape index (κ3) is 4.95. The smallest absolute Gasteiger partial charge is 0.251 e. The summed E-state index contributed by atoms with van der Waals surface area (Å²) in [5, 5.41) is 3.07. The molecule has 1 heterocycles. The van der Waals surface area contributed by atoms with Crippen molar-refractivity contribution in [1.82, 2.24) is 10.2 Å². The molecule has 3 nitrogen and oxygen atoms in total. The van der Waals surface area contributed by atoms with Crippen LogP contribution in [0.25, 0.3) is 11.1 Å². The molecule has 3 rings (SSSR count). The highest BCUT2D eigenvalue weighted by molar-refractivity contribution is 5.94. The van der Waals surface area contributed by atoms with Crippen molar-refractivity contribution in [3.63, 3.8) is 0 Å². The van der Waals surface area contributed by atoms with Gasteiger partial charge in [0.1, 0.15) is 0 Å². The van der Waals surface area contributed by atoms with Crippen LogP contribution in [0, 0.1) is 0 Å². The molecule has 2 aromatic carbocycles. The minimum absolute atomic E-state index is 0.0234. The number of likely N-dealkylation sites (tertiary alicyclic amines) is 1. The standard InChI is InChI=1S/C23H30N2O/c1-2-22-11-6-7-17-25(22)18-8-16-24-23(26)21-14-12-20(13-15-21)19-9-4-3-5-10-19/h3-5,9-10,12-15,22H,2,6-8,11,16-18H2,1H3,(H,24,26). The number of carbonyl (C=O) groups is 1. The minimum Gasteiger partial charge on any atom is -0.352 e. The average molecular weight is 351 g/mol. The van der Waals surface area contributed by atoms with Crippen molar-refractivity contribution in [3.05, 3.63) is 60.2 Å². The molecular formula is C23H30N2O. The zero-order chi connectivity index (χ0) is 18.2. The van der Waals surface area contributed by atoms with Crippen LogP contribution < -0.4 is 5.32 Å². The minimum atomic E-state index is 0.0234. The third-order valence-corrected chi connectivity index (χ3v) is 5.38. The second kappa shape index (κ2) is 9.54. The van der Waals surface area contributed by atoms with Crippen LogP contribution in [-0.4, -0.2) is 36.5 Å². The highest BCUT2D eigenvalue weighted by Gasteiger charge is 2.19. The van der Waals surface area contributed by atoms with Crippen molar-refractivity contribution in [2.75, 3.05) is 19.6 Å². The van der Waals surface area contributed by atoms with Crippen LogP contribution in [0.1, 0.15) is 49.4 Å². The van der Waals surface area contributed by atoms with E-state index in [1.165, 1.54) is 37.8 Å². The number of rotatable bonds is 7. The zero-order valence-corrected chi connectivity index (χ0v) is 15.8. The van der Waals surface area contributed by atoms with Crippen molar-refractivity contribution in [2.24, 2.45) is 0 Å². The predicted octanol–water partition coefficient (Wildman–Crippen LogP) is 4.74. The van der Waals surface area contributed by atoms with Gasteiger partial charge in [-0.15, -0.1) is 0 Å². The number of hydrogen-bond donors (Lipinski definition) is 1. The van der Waals surface area contributed by atoms with Gasteiger partial charge in [-0.25, -0.2) is 0 Å². The van der Waals surface area contributed by atoms with Crippen molar-refractivity contribution >= 4 is 5.91 Å². The molecular weight excluding hydrogens is 320 g/mol. The molecule has 1 atom stereocenters. The summed E-state index contributed by atoms with van der Waals surface area (Å²) in [6, 6.07) is 18.8. The second-order valence-corrected chi connectivity index (χ2v) is 7.15. The molecule has 0 aromatic heterocycles. The molecule has 1 aliphatic heterocycles. The van der Waals surface area contributed by atoms with Crippen molar-refractivity contribution in [1.29, 1.82) is 0 Å². The molecule has 26 heavy (non-hydrogen) atoms. The maximum Gasteiger partial charge on any atom is 0.251 e. The van der Waals surface area contributed by atoms with Gasteiger partial charge in [0.2, 0.25) is 0 Å². The Bertz CT molecular complexity index is 681. The number of nitrogens with zero attached hydrogens (tertiary/aromatic N) is 1. The van der Waals surface area contributed by atoms with E-state index in [4.69, 9.17) is 0 Å². The van der Waals surface area contributed by atoms with E-state index in [9.17, 15) is 4.79 Å². The van der Waals surface area contributed by atoms with Gasteiger partial charge in [0.25, 0.3) is 5.91 Å². The van der Waals surface area contributed by atoms with Crippen molar-refractivity contribution in [3.8, 4) is 11.1 Å². The molecule has 2 aromatic rings. The first-order valence-electron chi connectivity index (χ1n) is 9.95. The molecule has 0 radical (unpaired) electrons. The zero-order valence-electron chi connectivity index (χ0n) is 15.8. The average Bonchev–Trinajstić information content (AvgIpc) is 2.72. The Balaban J connectivity index is 1.45. The highest BCUT2D eigenvalue weighted by atomic mass is 16.1. The van der Waals surface area contributed by atoms with Gasteiger partial charge in [0.15, 0.2) is 0 Å². The molecule has 3 heteroatoms. The van der Waals surface area contributed by atoms with Gasteiger partial charge < -0.3 is 10.2 Å². The molecule has 1 amide bonds. The van der Waals surface area contributed by atoms with Crippen LogP contribution in [0.2, 0.25) is 0 Å². The Kier molecular flexibility index (Phi) is 6.84. The first-order valence-corrected chi connectivity index (χ1v) is 9.95. The van der Waals surface area contributed by atoms with Crippen LogP contribution in [0.3, 0.4) is 0 Å². The summed E-state index contributed by atoms with van der Waals surface area (Å²) in [7, 11) is 0. The van der Waals surface area contributed by atoms with Gasteiger partial charge in [0.05, 0.1) is 0 Å². The first kappa shape index (κ1) is 18.7. The molecule has 1 aliphatic rings. The maximum atomic E-state index is 12.3. The predicted molar refractivity (Wildman–Crippen MR) is 108 cm³/mol. The molecule has 0 aliphatic carbocycles. The number of hydrogen-bond acceptors (Lipinski definition) is 2. The van der Waals surface area contributed by atoms with Gasteiger partial charge >= 0.3 is 0 Å². The second-order valence-electron chi connectivity index (χ2n) is 7.15. The number of carbonyl (C=O) groups excluding carboxylic acids is 1. The van der Waals surface area contributed by atoms with Gasteiger partial charge in [-0.05, 0) is 55.5 Å². The van der Waals surface area contributed by atoms with Gasteiger partial charge in [-0.2, -0.15) is 0 Å². The fraction of sp³-hybridized carbons (Fsp3) is 0.435. The topological polar surface area (TPSA) is 32.3 Å². The summed E-state index contributed by atoms with van der Waals surface area (Å²) in [6.45, 7) is 5.33. The molecule has 0 saturated carbocycles. The lowest BCUT2D eigenvalue weighted by Crippen LogP contribution is -2.40. The van der Waals surface area contributed by atoms with Crippen LogP contribution in [0.5, 0.6) is 0 Å².